The topological polar surface area (TPSA) is 40.5 Å². The summed E-state index contributed by atoms with van der Waals surface area (Å²) in [5.74, 6) is 5.22. The van der Waals surface area contributed by atoms with E-state index >= 15 is 0 Å². The Hall–Kier alpha value is -0.520. The monoisotopic (exact) mass is 154 g/mol. The quantitative estimate of drug-likeness (QED) is 0.504. The lowest BCUT2D eigenvalue weighted by Crippen LogP contribution is -2.29. The van der Waals surface area contributed by atoms with E-state index < -0.39 is 5.60 Å². The molecule has 2 heteroatoms. The Morgan fingerprint density at radius 1 is 1.18 bits per heavy atom. The van der Waals surface area contributed by atoms with Crippen LogP contribution in [0.4, 0.5) is 0 Å². The van der Waals surface area contributed by atoms with Crippen LogP contribution < -0.4 is 0 Å². The minimum Gasteiger partial charge on any atom is -0.384 e. The highest BCUT2D eigenvalue weighted by Gasteiger charge is 2.26. The minimum absolute atomic E-state index is 0.150. The number of hydrogen-bond donors (Lipinski definition) is 2. The first-order valence-electron chi connectivity index (χ1n) is 4.10. The molecule has 0 spiro atoms. The van der Waals surface area contributed by atoms with Crippen LogP contribution in [0.3, 0.4) is 0 Å². The summed E-state index contributed by atoms with van der Waals surface area (Å²) in [7, 11) is 0. The van der Waals surface area contributed by atoms with E-state index in [-0.39, 0.29) is 6.61 Å². The van der Waals surface area contributed by atoms with Gasteiger partial charge in [-0.05, 0) is 25.7 Å². The highest BCUT2D eigenvalue weighted by atomic mass is 16.3. The van der Waals surface area contributed by atoms with Gasteiger partial charge in [-0.1, -0.05) is 18.3 Å². The molecule has 62 valence electrons. The van der Waals surface area contributed by atoms with Gasteiger partial charge in [-0.15, -0.1) is 0 Å². The van der Waals surface area contributed by atoms with Crippen molar-refractivity contribution in [2.45, 2.75) is 37.7 Å². The van der Waals surface area contributed by atoms with Crippen molar-refractivity contribution in [2.24, 2.45) is 0 Å². The first-order chi connectivity index (χ1) is 5.27. The maximum atomic E-state index is 9.72. The molecule has 1 rings (SSSR count). The number of hydrogen-bond acceptors (Lipinski definition) is 2. The molecule has 0 amide bonds. The number of aliphatic hydroxyl groups is 2. The summed E-state index contributed by atoms with van der Waals surface area (Å²) < 4.78 is 0. The van der Waals surface area contributed by atoms with Gasteiger partial charge in [-0.3, -0.25) is 0 Å². The van der Waals surface area contributed by atoms with E-state index in [2.05, 4.69) is 11.8 Å². The largest absolute Gasteiger partial charge is 0.384 e. The Balaban J connectivity index is 2.49. The minimum atomic E-state index is -0.791. The van der Waals surface area contributed by atoms with Crippen LogP contribution in [0.15, 0.2) is 0 Å². The van der Waals surface area contributed by atoms with Gasteiger partial charge >= 0.3 is 0 Å². The van der Waals surface area contributed by atoms with Crippen LogP contribution in [0.1, 0.15) is 32.1 Å². The third-order valence-corrected chi connectivity index (χ3v) is 2.08. The molecule has 0 aromatic rings. The van der Waals surface area contributed by atoms with Gasteiger partial charge < -0.3 is 10.2 Å². The van der Waals surface area contributed by atoms with Gasteiger partial charge in [-0.2, -0.15) is 0 Å². The van der Waals surface area contributed by atoms with Crippen molar-refractivity contribution in [1.82, 2.24) is 0 Å². The second-order valence-corrected chi connectivity index (χ2v) is 3.05. The Morgan fingerprint density at radius 2 is 1.82 bits per heavy atom. The molecule has 0 aromatic carbocycles. The highest BCUT2D eigenvalue weighted by molar-refractivity contribution is 5.14. The van der Waals surface area contributed by atoms with Crippen LogP contribution >= 0.6 is 0 Å². The Morgan fingerprint density at radius 3 is 2.36 bits per heavy atom. The molecule has 0 bridgehead atoms. The van der Waals surface area contributed by atoms with E-state index in [1.807, 2.05) is 0 Å². The van der Waals surface area contributed by atoms with E-state index in [0.29, 0.717) is 0 Å². The van der Waals surface area contributed by atoms with Crippen LogP contribution in [-0.2, 0) is 0 Å². The first-order valence-corrected chi connectivity index (χ1v) is 4.10. The molecule has 2 nitrogen and oxygen atoms in total. The van der Waals surface area contributed by atoms with Gasteiger partial charge in [-0.25, -0.2) is 0 Å². The average molecular weight is 154 g/mol. The zero-order valence-electron chi connectivity index (χ0n) is 6.64. The molecule has 0 saturated heterocycles. The number of rotatable bonds is 0. The van der Waals surface area contributed by atoms with Crippen LogP contribution in [0.5, 0.6) is 0 Å². The van der Waals surface area contributed by atoms with Crippen LogP contribution in [0.2, 0.25) is 0 Å². The van der Waals surface area contributed by atoms with Gasteiger partial charge in [0.1, 0.15) is 12.2 Å². The fourth-order valence-corrected chi connectivity index (χ4v) is 1.47. The van der Waals surface area contributed by atoms with Gasteiger partial charge in [0.15, 0.2) is 0 Å². The first kappa shape index (κ1) is 8.58. The zero-order chi connectivity index (χ0) is 8.16. The molecule has 0 aromatic heterocycles. The van der Waals surface area contributed by atoms with E-state index in [1.54, 1.807) is 0 Å². The van der Waals surface area contributed by atoms with Gasteiger partial charge in [0.25, 0.3) is 0 Å². The third kappa shape index (κ3) is 2.53. The summed E-state index contributed by atoms with van der Waals surface area (Å²) in [6, 6.07) is 0. The second kappa shape index (κ2) is 3.75. The highest BCUT2D eigenvalue weighted by Crippen LogP contribution is 2.26. The summed E-state index contributed by atoms with van der Waals surface area (Å²) in [6.07, 6.45) is 4.83. The summed E-state index contributed by atoms with van der Waals surface area (Å²) in [5, 5.41) is 18.1. The molecular formula is C9H14O2. The van der Waals surface area contributed by atoms with Crippen LogP contribution in [-0.4, -0.2) is 22.4 Å². The third-order valence-electron chi connectivity index (χ3n) is 2.08. The van der Waals surface area contributed by atoms with Crippen molar-refractivity contribution in [3.63, 3.8) is 0 Å². The van der Waals surface area contributed by atoms with Crippen LogP contribution in [0, 0.1) is 11.8 Å². The van der Waals surface area contributed by atoms with Crippen LogP contribution in [0.25, 0.3) is 0 Å². The summed E-state index contributed by atoms with van der Waals surface area (Å²) in [6.45, 7) is -0.150. The maximum Gasteiger partial charge on any atom is 0.125 e. The van der Waals surface area contributed by atoms with E-state index in [4.69, 9.17) is 5.11 Å². The molecule has 1 aliphatic carbocycles. The summed E-state index contributed by atoms with van der Waals surface area (Å²) in [4.78, 5) is 0. The maximum absolute atomic E-state index is 9.72. The van der Waals surface area contributed by atoms with E-state index in [9.17, 15) is 5.11 Å². The van der Waals surface area contributed by atoms with Gasteiger partial charge in [0.2, 0.25) is 0 Å². The Bertz CT molecular complexity index is 170. The van der Waals surface area contributed by atoms with Crippen molar-refractivity contribution in [2.75, 3.05) is 6.61 Å². The molecule has 1 fully saturated rings. The molecule has 11 heavy (non-hydrogen) atoms. The smallest absolute Gasteiger partial charge is 0.125 e. The normalized spacial score (nSPS) is 22.0. The lowest BCUT2D eigenvalue weighted by Gasteiger charge is -2.26. The second-order valence-electron chi connectivity index (χ2n) is 3.05. The molecule has 1 saturated carbocycles. The van der Waals surface area contributed by atoms with Gasteiger partial charge in [0, 0.05) is 0 Å². The van der Waals surface area contributed by atoms with Crippen molar-refractivity contribution in [3.8, 4) is 11.8 Å². The Kier molecular flexibility index (Phi) is 2.92. The van der Waals surface area contributed by atoms with E-state index in [1.165, 1.54) is 6.42 Å². The predicted octanol–water partition coefficient (Wildman–Crippen LogP) is 0.677. The van der Waals surface area contributed by atoms with Gasteiger partial charge in [0.05, 0.1) is 0 Å². The molecule has 1 aliphatic rings. The van der Waals surface area contributed by atoms with Crippen molar-refractivity contribution >= 4 is 0 Å². The molecule has 0 atom stereocenters. The Labute approximate surface area is 67.2 Å². The molecule has 0 unspecified atom stereocenters. The molecule has 0 radical (unpaired) electrons. The molecule has 0 aliphatic heterocycles. The van der Waals surface area contributed by atoms with Crippen molar-refractivity contribution in [3.05, 3.63) is 0 Å². The average Bonchev–Trinajstić information content (AvgIpc) is 2.03. The molecule has 2 N–H and O–H groups in total. The molecule has 0 heterocycles. The SMILES string of the molecule is OCC#CC1(O)CCCCC1. The summed E-state index contributed by atoms with van der Waals surface area (Å²) >= 11 is 0. The zero-order valence-corrected chi connectivity index (χ0v) is 6.64. The van der Waals surface area contributed by atoms with Crippen molar-refractivity contribution in [1.29, 1.82) is 0 Å². The molecular weight excluding hydrogens is 140 g/mol. The predicted molar refractivity (Wildman–Crippen MR) is 42.9 cm³/mol. The fraction of sp³-hybridized carbons (Fsp3) is 0.778. The number of aliphatic hydroxyl groups excluding tert-OH is 1. The fourth-order valence-electron chi connectivity index (χ4n) is 1.47. The standard InChI is InChI=1S/C9H14O2/c10-8-4-7-9(11)5-2-1-3-6-9/h10-11H,1-3,5-6,8H2. The lowest BCUT2D eigenvalue weighted by molar-refractivity contribution is 0.0608. The summed E-state index contributed by atoms with van der Waals surface area (Å²) in [5.41, 5.74) is -0.791. The lowest BCUT2D eigenvalue weighted by atomic mass is 9.85. The van der Waals surface area contributed by atoms with Crippen molar-refractivity contribution < 1.29 is 10.2 Å². The van der Waals surface area contributed by atoms with E-state index in [0.717, 1.165) is 25.7 Å².